The molecule has 3 N–H and O–H groups in total. The summed E-state index contributed by atoms with van der Waals surface area (Å²) < 4.78 is 0. The summed E-state index contributed by atoms with van der Waals surface area (Å²) in [6, 6.07) is 0. The summed E-state index contributed by atoms with van der Waals surface area (Å²) in [5.41, 5.74) is 5.40. The van der Waals surface area contributed by atoms with Crippen molar-refractivity contribution in [3.05, 3.63) is 0 Å². The van der Waals surface area contributed by atoms with Gasteiger partial charge in [0.05, 0.1) is 7.11 Å². The van der Waals surface area contributed by atoms with E-state index in [0.29, 0.717) is 5.25 Å². The van der Waals surface area contributed by atoms with E-state index < -0.39 is 0 Å². The molecule has 0 aliphatic carbocycles. The molecule has 0 aromatic carbocycles. The molecule has 0 amide bonds. The van der Waals surface area contributed by atoms with Crippen LogP contribution >= 0.6 is 23.7 Å². The number of nitrogens with two attached hydrogens (primary N) is 1. The van der Waals surface area contributed by atoms with E-state index in [2.05, 4.69) is 11.8 Å². The van der Waals surface area contributed by atoms with Gasteiger partial charge in [-0.05, 0) is 25.1 Å². The van der Waals surface area contributed by atoms with Crippen LogP contribution in [-0.2, 0) is 4.84 Å². The third-order valence-electron chi connectivity index (χ3n) is 1.46. The third kappa shape index (κ3) is 10.5. The Balaban J connectivity index is 3.05. The van der Waals surface area contributed by atoms with Crippen molar-refractivity contribution in [3.8, 4) is 0 Å². The van der Waals surface area contributed by atoms with Gasteiger partial charge in [-0.25, -0.2) is 0 Å². The second-order valence-corrected chi connectivity index (χ2v) is 5.11. The molecule has 13 heavy (non-hydrogen) atoms. The van der Waals surface area contributed by atoms with Crippen molar-refractivity contribution in [3.63, 3.8) is 0 Å². The van der Waals surface area contributed by atoms with Gasteiger partial charge in [-0.3, -0.25) is 4.84 Å². The normalized spacial score (nSPS) is 13.2. The lowest BCUT2D eigenvalue weighted by Crippen LogP contribution is -2.08. The summed E-state index contributed by atoms with van der Waals surface area (Å²) in [6.07, 6.45) is 2.37. The minimum atomic E-state index is 0.672. The standard InChI is InChI=1S/C8H20N2OS2/c1-8(7-13-10-11-2)12-6-4-3-5-9/h8,10H,3-7,9H2,1-2H3. The van der Waals surface area contributed by atoms with Crippen molar-refractivity contribution in [2.75, 3.05) is 25.2 Å². The predicted octanol–water partition coefficient (Wildman–Crippen LogP) is 1.65. The SMILES string of the molecule is CONSCC(C)SCCCCN. The molecule has 5 heteroatoms. The molecule has 1 atom stereocenters. The number of rotatable bonds is 9. The van der Waals surface area contributed by atoms with Crippen LogP contribution in [0.5, 0.6) is 0 Å². The maximum atomic E-state index is 5.40. The Morgan fingerprint density at radius 3 is 2.85 bits per heavy atom. The highest BCUT2D eigenvalue weighted by molar-refractivity contribution is 8.02. The molecule has 0 aromatic rings. The highest BCUT2D eigenvalue weighted by atomic mass is 32.2. The number of hydrogen-bond donors (Lipinski definition) is 2. The topological polar surface area (TPSA) is 47.3 Å². The number of nitrogens with one attached hydrogen (secondary N) is 1. The smallest absolute Gasteiger partial charge is 0.0583 e. The van der Waals surface area contributed by atoms with Gasteiger partial charge in [0.1, 0.15) is 0 Å². The Morgan fingerprint density at radius 2 is 2.23 bits per heavy atom. The fourth-order valence-corrected chi connectivity index (χ4v) is 2.57. The van der Waals surface area contributed by atoms with Crippen LogP contribution in [0.4, 0.5) is 0 Å². The fourth-order valence-electron chi connectivity index (χ4n) is 0.789. The molecule has 0 saturated carbocycles. The van der Waals surface area contributed by atoms with Crippen molar-refractivity contribution >= 4 is 23.7 Å². The average molecular weight is 224 g/mol. The molecule has 0 aromatic heterocycles. The second kappa shape index (κ2) is 10.7. The summed E-state index contributed by atoms with van der Waals surface area (Å²) in [5, 5.41) is 0.672. The van der Waals surface area contributed by atoms with Crippen LogP contribution in [0.1, 0.15) is 19.8 Å². The molecule has 0 rings (SSSR count). The zero-order valence-corrected chi connectivity index (χ0v) is 10.0. The molecule has 0 fully saturated rings. The molecule has 1 unspecified atom stereocenters. The third-order valence-corrected chi connectivity index (χ3v) is 3.88. The first kappa shape index (κ1) is 13.6. The van der Waals surface area contributed by atoms with E-state index in [9.17, 15) is 0 Å². The summed E-state index contributed by atoms with van der Waals surface area (Å²) >= 11 is 3.60. The first-order valence-electron chi connectivity index (χ1n) is 4.52. The lowest BCUT2D eigenvalue weighted by Gasteiger charge is -2.09. The highest BCUT2D eigenvalue weighted by Crippen LogP contribution is 2.15. The molecule has 0 bridgehead atoms. The van der Waals surface area contributed by atoms with Gasteiger partial charge in [-0.2, -0.15) is 11.8 Å². The number of thioether (sulfide) groups is 1. The Bertz CT molecular complexity index is 106. The predicted molar refractivity (Wildman–Crippen MR) is 62.8 cm³/mol. The monoisotopic (exact) mass is 224 g/mol. The van der Waals surface area contributed by atoms with Crippen LogP contribution in [0.3, 0.4) is 0 Å². The van der Waals surface area contributed by atoms with Crippen molar-refractivity contribution in [1.82, 2.24) is 4.89 Å². The molecule has 0 heterocycles. The first-order valence-corrected chi connectivity index (χ1v) is 6.56. The van der Waals surface area contributed by atoms with Gasteiger partial charge < -0.3 is 5.73 Å². The van der Waals surface area contributed by atoms with Crippen LogP contribution in [-0.4, -0.2) is 30.4 Å². The molecule has 0 saturated heterocycles. The van der Waals surface area contributed by atoms with E-state index in [1.165, 1.54) is 12.2 Å². The maximum absolute atomic E-state index is 5.40. The second-order valence-electron chi connectivity index (χ2n) is 2.78. The highest BCUT2D eigenvalue weighted by Gasteiger charge is 2.01. The van der Waals surface area contributed by atoms with Crippen molar-refractivity contribution < 1.29 is 4.84 Å². The molecule has 0 radical (unpaired) electrons. The van der Waals surface area contributed by atoms with Gasteiger partial charge in [0, 0.05) is 11.0 Å². The minimum Gasteiger partial charge on any atom is -0.330 e. The molecular weight excluding hydrogens is 204 g/mol. The Hall–Kier alpha value is 0.580. The lowest BCUT2D eigenvalue weighted by atomic mass is 10.3. The van der Waals surface area contributed by atoms with Gasteiger partial charge in [-0.1, -0.05) is 18.9 Å². The van der Waals surface area contributed by atoms with E-state index >= 15 is 0 Å². The summed E-state index contributed by atoms with van der Waals surface area (Å²) in [4.78, 5) is 7.49. The lowest BCUT2D eigenvalue weighted by molar-refractivity contribution is 0.163. The van der Waals surface area contributed by atoms with Gasteiger partial charge in [-0.15, -0.1) is 4.89 Å². The first-order chi connectivity index (χ1) is 6.31. The Kier molecular flexibility index (Phi) is 11.1. The van der Waals surface area contributed by atoms with Gasteiger partial charge in [0.2, 0.25) is 0 Å². The Morgan fingerprint density at radius 1 is 1.46 bits per heavy atom. The maximum Gasteiger partial charge on any atom is 0.0583 e. The van der Waals surface area contributed by atoms with Crippen molar-refractivity contribution in [2.45, 2.75) is 25.0 Å². The van der Waals surface area contributed by atoms with Crippen molar-refractivity contribution in [1.29, 1.82) is 0 Å². The van der Waals surface area contributed by atoms with E-state index in [1.807, 2.05) is 11.8 Å². The van der Waals surface area contributed by atoms with Crippen LogP contribution in [0.2, 0.25) is 0 Å². The number of hydrogen-bond acceptors (Lipinski definition) is 5. The summed E-state index contributed by atoms with van der Waals surface area (Å²) in [7, 11) is 1.63. The minimum absolute atomic E-state index is 0.672. The molecule has 80 valence electrons. The van der Waals surface area contributed by atoms with Gasteiger partial charge in [0.25, 0.3) is 0 Å². The average Bonchev–Trinajstić information content (AvgIpc) is 2.13. The summed E-state index contributed by atoms with van der Waals surface area (Å²) in [6.45, 7) is 3.05. The van der Waals surface area contributed by atoms with E-state index in [-0.39, 0.29) is 0 Å². The largest absolute Gasteiger partial charge is 0.330 e. The molecule has 0 spiro atoms. The van der Waals surface area contributed by atoms with Crippen LogP contribution in [0.25, 0.3) is 0 Å². The van der Waals surface area contributed by atoms with Crippen LogP contribution < -0.4 is 10.6 Å². The molecule has 0 aliphatic heterocycles. The Labute approximate surface area is 89.6 Å². The summed E-state index contributed by atoms with van der Waals surface area (Å²) in [5.74, 6) is 2.28. The fraction of sp³-hybridized carbons (Fsp3) is 1.00. The zero-order valence-electron chi connectivity index (χ0n) is 8.41. The van der Waals surface area contributed by atoms with E-state index in [4.69, 9.17) is 10.6 Å². The number of unbranched alkanes of at least 4 members (excludes halogenated alkanes) is 1. The molecular formula is C8H20N2OS2. The van der Waals surface area contributed by atoms with Crippen LogP contribution in [0.15, 0.2) is 0 Å². The van der Waals surface area contributed by atoms with Crippen LogP contribution in [0, 0.1) is 0 Å². The van der Waals surface area contributed by atoms with Crippen molar-refractivity contribution in [2.24, 2.45) is 5.73 Å². The van der Waals surface area contributed by atoms with E-state index in [0.717, 1.165) is 18.7 Å². The quantitative estimate of drug-likeness (QED) is 0.354. The van der Waals surface area contributed by atoms with Gasteiger partial charge >= 0.3 is 0 Å². The van der Waals surface area contributed by atoms with E-state index in [1.54, 1.807) is 19.1 Å². The molecule has 3 nitrogen and oxygen atoms in total. The van der Waals surface area contributed by atoms with Gasteiger partial charge in [0.15, 0.2) is 0 Å². The zero-order chi connectivity index (χ0) is 9.94. The molecule has 0 aliphatic rings.